The van der Waals surface area contributed by atoms with Gasteiger partial charge in [-0.05, 0) is 25.8 Å². The van der Waals surface area contributed by atoms with E-state index in [9.17, 15) is 0 Å². The average molecular weight is 163 g/mol. The summed E-state index contributed by atoms with van der Waals surface area (Å²) in [6.45, 7) is 8.18. The molecule has 0 aromatic carbocycles. The molecule has 0 aromatic rings. The quantitative estimate of drug-likeness (QED) is 0.571. The molecule has 0 spiro atoms. The van der Waals surface area contributed by atoms with Crippen molar-refractivity contribution < 1.29 is 0 Å². The molecule has 2 heteroatoms. The molecule has 10 heavy (non-hydrogen) atoms. The van der Waals surface area contributed by atoms with Crippen LogP contribution in [0.4, 0.5) is 0 Å². The van der Waals surface area contributed by atoms with Crippen LogP contribution in [0.15, 0.2) is 11.0 Å². The Balaban J connectivity index is -0.000000105. The number of thiol groups is 1. The molecular weight excluding hydrogens is 142 g/mol. The van der Waals surface area contributed by atoms with Crippen molar-refractivity contribution in [3.63, 3.8) is 0 Å². The second-order valence-corrected chi connectivity index (χ2v) is 1.59. The second kappa shape index (κ2) is 23.0. The van der Waals surface area contributed by atoms with Crippen molar-refractivity contribution in [1.82, 2.24) is 0 Å². The molecule has 0 atom stereocenters. The monoisotopic (exact) mass is 163 g/mol. The Morgan fingerprint density at radius 1 is 1.40 bits per heavy atom. The van der Waals surface area contributed by atoms with Gasteiger partial charge in [-0.3, -0.25) is 0 Å². The molecule has 0 saturated heterocycles. The summed E-state index contributed by atoms with van der Waals surface area (Å²) < 4.78 is 0. The highest BCUT2D eigenvalue weighted by Gasteiger charge is 1.73. The van der Waals surface area contributed by atoms with Gasteiger partial charge >= 0.3 is 0 Å². The van der Waals surface area contributed by atoms with Crippen LogP contribution in [0.1, 0.15) is 34.1 Å². The van der Waals surface area contributed by atoms with Crippen LogP contribution in [0.25, 0.3) is 0 Å². The molecule has 0 aromatic heterocycles. The number of hydrogen-bond acceptors (Lipinski definition) is 2. The number of nitrogens with two attached hydrogens (primary N) is 1. The molecule has 0 bridgehead atoms. The maximum atomic E-state index is 4.50. The van der Waals surface area contributed by atoms with Crippen LogP contribution in [0, 0.1) is 0 Å². The van der Waals surface area contributed by atoms with Crippen molar-refractivity contribution in [2.75, 3.05) is 7.05 Å². The van der Waals surface area contributed by atoms with Gasteiger partial charge in [0.05, 0.1) is 0 Å². The van der Waals surface area contributed by atoms with E-state index in [2.05, 4.69) is 32.2 Å². The van der Waals surface area contributed by atoms with Gasteiger partial charge in [0.2, 0.25) is 0 Å². The largest absolute Gasteiger partial charge is 0.333 e. The molecule has 0 fully saturated rings. The Labute approximate surface area is 71.1 Å². The molecule has 0 radical (unpaired) electrons. The molecule has 0 amide bonds. The molecule has 1 nitrogen and oxygen atoms in total. The van der Waals surface area contributed by atoms with Crippen molar-refractivity contribution in [1.29, 1.82) is 0 Å². The van der Waals surface area contributed by atoms with E-state index in [4.69, 9.17) is 0 Å². The molecule has 64 valence electrons. The number of hydrogen-bond donors (Lipinski definition) is 2. The van der Waals surface area contributed by atoms with Gasteiger partial charge in [-0.1, -0.05) is 26.3 Å². The average Bonchev–Trinajstić information content (AvgIpc) is 2.10. The summed E-state index contributed by atoms with van der Waals surface area (Å²) in [6.07, 6.45) is 1.11. The van der Waals surface area contributed by atoms with Crippen LogP contribution in [0.2, 0.25) is 0 Å². The Kier molecular flexibility index (Phi) is 38.1. The van der Waals surface area contributed by atoms with Gasteiger partial charge in [-0.15, -0.1) is 0 Å². The van der Waals surface area contributed by atoms with Crippen LogP contribution in [0.3, 0.4) is 0 Å². The van der Waals surface area contributed by atoms with Gasteiger partial charge in [0, 0.05) is 0 Å². The summed E-state index contributed by atoms with van der Waals surface area (Å²) in [4.78, 5) is 0. The SMILES string of the molecule is CC.CC/C(C)=C/S.CN. The van der Waals surface area contributed by atoms with Crippen LogP contribution >= 0.6 is 12.6 Å². The summed E-state index contributed by atoms with van der Waals surface area (Å²) >= 11 is 3.93. The van der Waals surface area contributed by atoms with Crippen molar-refractivity contribution in [2.24, 2.45) is 5.73 Å². The normalized spacial score (nSPS) is 8.50. The molecule has 0 aliphatic carbocycles. The highest BCUT2D eigenvalue weighted by atomic mass is 32.1. The summed E-state index contributed by atoms with van der Waals surface area (Å²) in [5, 5.41) is 1.83. The fraction of sp³-hybridized carbons (Fsp3) is 0.750. The summed E-state index contributed by atoms with van der Waals surface area (Å²) in [7, 11) is 1.50. The Bertz CT molecular complexity index is 60.3. The van der Waals surface area contributed by atoms with Gasteiger partial charge in [0.1, 0.15) is 0 Å². The Morgan fingerprint density at radius 2 is 1.70 bits per heavy atom. The third kappa shape index (κ3) is 24.4. The Hall–Kier alpha value is 0.0500. The lowest BCUT2D eigenvalue weighted by atomic mass is 10.3. The molecule has 0 aliphatic rings. The first-order valence-corrected chi connectivity index (χ1v) is 4.20. The van der Waals surface area contributed by atoms with E-state index in [-0.39, 0.29) is 0 Å². The summed E-state index contributed by atoms with van der Waals surface area (Å²) in [6, 6.07) is 0. The predicted molar refractivity (Wildman–Crippen MR) is 54.5 cm³/mol. The number of rotatable bonds is 1. The van der Waals surface area contributed by atoms with E-state index in [1.807, 2.05) is 19.3 Å². The topological polar surface area (TPSA) is 26.0 Å². The zero-order valence-corrected chi connectivity index (χ0v) is 8.70. The fourth-order valence-corrected chi connectivity index (χ4v) is 0.274. The first kappa shape index (κ1) is 16.6. The van der Waals surface area contributed by atoms with Crippen LogP contribution < -0.4 is 5.73 Å². The zero-order chi connectivity index (χ0) is 8.99. The smallest absolute Gasteiger partial charge is 0.0195 e. The number of allylic oxidation sites excluding steroid dienone is 1. The van der Waals surface area contributed by atoms with E-state index in [1.54, 1.807) is 0 Å². The van der Waals surface area contributed by atoms with Crippen LogP contribution in [-0.4, -0.2) is 7.05 Å². The molecule has 0 unspecified atom stereocenters. The lowest BCUT2D eigenvalue weighted by Gasteiger charge is -1.84. The maximum Gasteiger partial charge on any atom is -0.0195 e. The molecule has 2 N–H and O–H groups in total. The van der Waals surface area contributed by atoms with Crippen molar-refractivity contribution >= 4 is 12.6 Å². The van der Waals surface area contributed by atoms with Crippen molar-refractivity contribution in [3.8, 4) is 0 Å². The van der Waals surface area contributed by atoms with Crippen molar-refractivity contribution in [3.05, 3.63) is 11.0 Å². The van der Waals surface area contributed by atoms with Crippen molar-refractivity contribution in [2.45, 2.75) is 34.1 Å². The third-order valence-electron chi connectivity index (χ3n) is 0.778. The lowest BCUT2D eigenvalue weighted by molar-refractivity contribution is 1.11. The van der Waals surface area contributed by atoms with Gasteiger partial charge in [-0.2, -0.15) is 12.6 Å². The zero-order valence-electron chi connectivity index (χ0n) is 7.81. The molecular formula is C8H21NS. The summed E-state index contributed by atoms with van der Waals surface area (Å²) in [5.41, 5.74) is 5.83. The van der Waals surface area contributed by atoms with Crippen LogP contribution in [-0.2, 0) is 0 Å². The fourth-order valence-electron chi connectivity index (χ4n) is 0.0913. The van der Waals surface area contributed by atoms with Gasteiger partial charge < -0.3 is 5.73 Å². The van der Waals surface area contributed by atoms with E-state index in [0.717, 1.165) is 6.42 Å². The highest BCUT2D eigenvalue weighted by molar-refractivity contribution is 7.83. The van der Waals surface area contributed by atoms with E-state index in [1.165, 1.54) is 12.6 Å². The minimum Gasteiger partial charge on any atom is -0.333 e. The van der Waals surface area contributed by atoms with E-state index in [0.29, 0.717) is 0 Å². The van der Waals surface area contributed by atoms with Gasteiger partial charge in [0.25, 0.3) is 0 Å². The second-order valence-electron chi connectivity index (χ2n) is 1.33. The minimum atomic E-state index is 1.11. The highest BCUT2D eigenvalue weighted by Crippen LogP contribution is 1.97. The summed E-state index contributed by atoms with van der Waals surface area (Å²) in [5.74, 6) is 0. The molecule has 0 aliphatic heterocycles. The first-order chi connectivity index (χ1) is 4.81. The van der Waals surface area contributed by atoms with E-state index >= 15 is 0 Å². The standard InChI is InChI=1S/C5H10S.C2H6.CH5N/c1-3-5(2)4-6;2*1-2/h4,6H,3H2,1-2H3;1-2H3;2H2,1H3/b5-4+;;. The third-order valence-corrected chi connectivity index (χ3v) is 1.22. The Morgan fingerprint density at radius 3 is 1.70 bits per heavy atom. The minimum absolute atomic E-state index is 1.11. The molecule has 0 rings (SSSR count). The molecule has 0 saturated carbocycles. The molecule has 0 heterocycles. The van der Waals surface area contributed by atoms with E-state index < -0.39 is 0 Å². The first-order valence-electron chi connectivity index (χ1n) is 3.68. The lowest BCUT2D eigenvalue weighted by Crippen LogP contribution is -1.69. The predicted octanol–water partition coefficient (Wildman–Crippen LogP) is 2.83. The van der Waals surface area contributed by atoms with Gasteiger partial charge in [0.15, 0.2) is 0 Å². The van der Waals surface area contributed by atoms with Gasteiger partial charge in [-0.25, -0.2) is 0 Å². The maximum absolute atomic E-state index is 4.50. The van der Waals surface area contributed by atoms with Crippen LogP contribution in [0.5, 0.6) is 0 Å².